The van der Waals surface area contributed by atoms with Crippen LogP contribution in [0, 0.1) is 0 Å². The molecule has 0 bridgehead atoms. The van der Waals surface area contributed by atoms with Gasteiger partial charge in [0.15, 0.2) is 0 Å². The number of unbranched alkanes of at least 4 members (excludes halogenated alkanes) is 1. The Hall–Kier alpha value is -0.120. The number of likely N-dealkylation sites (tertiary alicyclic amines) is 1. The van der Waals surface area contributed by atoms with Crippen LogP contribution in [0.3, 0.4) is 0 Å². The van der Waals surface area contributed by atoms with Gasteiger partial charge in [0.25, 0.3) is 0 Å². The normalized spacial score (nSPS) is 27.2. The summed E-state index contributed by atoms with van der Waals surface area (Å²) in [7, 11) is 0. The van der Waals surface area contributed by atoms with Crippen LogP contribution in [0.15, 0.2) is 0 Å². The molecule has 3 heteroatoms. The molecule has 2 aliphatic heterocycles. The van der Waals surface area contributed by atoms with Crippen molar-refractivity contribution in [3.63, 3.8) is 0 Å². The van der Waals surface area contributed by atoms with Gasteiger partial charge in [-0.2, -0.15) is 0 Å². The Morgan fingerprint density at radius 2 is 2.14 bits per heavy atom. The van der Waals surface area contributed by atoms with Crippen molar-refractivity contribution in [2.75, 3.05) is 32.8 Å². The van der Waals surface area contributed by atoms with Crippen molar-refractivity contribution in [2.24, 2.45) is 0 Å². The molecule has 0 aromatic heterocycles. The number of piperidine rings is 1. The van der Waals surface area contributed by atoms with Crippen molar-refractivity contribution in [3.8, 4) is 0 Å². The third-order valence-corrected chi connectivity index (χ3v) is 3.42. The number of nitrogens with one attached hydrogen (secondary N) is 1. The molecule has 0 radical (unpaired) electrons. The van der Waals surface area contributed by atoms with E-state index in [1.807, 2.05) is 0 Å². The Morgan fingerprint density at radius 3 is 2.71 bits per heavy atom. The van der Waals surface area contributed by atoms with Crippen LogP contribution in [-0.4, -0.2) is 43.4 Å². The second kappa shape index (κ2) is 4.60. The molecule has 3 nitrogen and oxygen atoms in total. The molecule has 1 spiro atoms. The van der Waals surface area contributed by atoms with E-state index in [2.05, 4.69) is 17.1 Å². The fourth-order valence-electron chi connectivity index (χ4n) is 2.42. The second-order valence-corrected chi connectivity index (χ2v) is 4.46. The molecule has 0 aromatic carbocycles. The summed E-state index contributed by atoms with van der Waals surface area (Å²) in [5.74, 6) is 0. The minimum Gasteiger partial charge on any atom is -0.359 e. The molecule has 2 heterocycles. The Bertz CT molecular complexity index is 168. The monoisotopic (exact) mass is 198 g/mol. The molecule has 14 heavy (non-hydrogen) atoms. The Morgan fingerprint density at radius 1 is 1.36 bits per heavy atom. The summed E-state index contributed by atoms with van der Waals surface area (Å²) in [4.78, 5) is 2.57. The van der Waals surface area contributed by atoms with Crippen LogP contribution >= 0.6 is 0 Å². The van der Waals surface area contributed by atoms with Gasteiger partial charge in [-0.25, -0.2) is 0 Å². The number of rotatable bonds is 3. The summed E-state index contributed by atoms with van der Waals surface area (Å²) >= 11 is 0. The quantitative estimate of drug-likeness (QED) is 0.737. The van der Waals surface area contributed by atoms with Crippen LogP contribution in [0.5, 0.6) is 0 Å². The van der Waals surface area contributed by atoms with E-state index in [9.17, 15) is 0 Å². The predicted molar refractivity (Wildman–Crippen MR) is 57.3 cm³/mol. The van der Waals surface area contributed by atoms with E-state index in [1.54, 1.807) is 0 Å². The number of hydrogen-bond donors (Lipinski definition) is 1. The molecule has 1 N–H and O–H groups in total. The van der Waals surface area contributed by atoms with Crippen molar-refractivity contribution in [2.45, 2.75) is 38.3 Å². The Labute approximate surface area is 86.8 Å². The van der Waals surface area contributed by atoms with Gasteiger partial charge in [-0.05, 0) is 13.0 Å². The van der Waals surface area contributed by atoms with E-state index in [4.69, 9.17) is 4.74 Å². The van der Waals surface area contributed by atoms with Gasteiger partial charge in [0, 0.05) is 32.5 Å². The van der Waals surface area contributed by atoms with Crippen LogP contribution in [-0.2, 0) is 4.74 Å². The highest BCUT2D eigenvalue weighted by Gasteiger charge is 2.37. The summed E-state index contributed by atoms with van der Waals surface area (Å²) in [6, 6.07) is 0. The van der Waals surface area contributed by atoms with Crippen molar-refractivity contribution >= 4 is 0 Å². The third kappa shape index (κ3) is 2.27. The molecule has 2 saturated heterocycles. The number of ether oxygens (including phenoxy) is 1. The highest BCUT2D eigenvalue weighted by Crippen LogP contribution is 2.26. The SMILES string of the molecule is CCCCN1CCC2(CC1)NCCO2. The van der Waals surface area contributed by atoms with Crippen molar-refractivity contribution in [1.82, 2.24) is 10.2 Å². The maximum Gasteiger partial charge on any atom is 0.121 e. The maximum atomic E-state index is 5.80. The average molecular weight is 198 g/mol. The first kappa shape index (κ1) is 10.4. The lowest BCUT2D eigenvalue weighted by Crippen LogP contribution is -2.51. The molecule has 2 fully saturated rings. The lowest BCUT2D eigenvalue weighted by atomic mass is 10.0. The molecule has 0 saturated carbocycles. The summed E-state index contributed by atoms with van der Waals surface area (Å²) in [6.45, 7) is 7.86. The van der Waals surface area contributed by atoms with Gasteiger partial charge in [0.1, 0.15) is 5.72 Å². The minimum absolute atomic E-state index is 0.0582. The predicted octanol–water partition coefficient (Wildman–Crippen LogP) is 1.20. The average Bonchev–Trinajstić information content (AvgIpc) is 2.66. The van der Waals surface area contributed by atoms with Gasteiger partial charge in [0.2, 0.25) is 0 Å². The zero-order valence-electron chi connectivity index (χ0n) is 9.22. The number of hydrogen-bond acceptors (Lipinski definition) is 3. The molecule has 2 aliphatic rings. The third-order valence-electron chi connectivity index (χ3n) is 3.42. The zero-order valence-corrected chi connectivity index (χ0v) is 9.22. The van der Waals surface area contributed by atoms with Crippen molar-refractivity contribution in [1.29, 1.82) is 0 Å². The van der Waals surface area contributed by atoms with Crippen LogP contribution in [0.1, 0.15) is 32.6 Å². The van der Waals surface area contributed by atoms with Crippen LogP contribution in [0.25, 0.3) is 0 Å². The van der Waals surface area contributed by atoms with Crippen LogP contribution in [0.4, 0.5) is 0 Å². The molecular formula is C11H22N2O. The van der Waals surface area contributed by atoms with E-state index in [1.165, 1.54) is 32.5 Å². The molecule has 0 aliphatic carbocycles. The molecule has 0 atom stereocenters. The largest absolute Gasteiger partial charge is 0.359 e. The topological polar surface area (TPSA) is 24.5 Å². The summed E-state index contributed by atoms with van der Waals surface area (Å²) < 4.78 is 5.80. The molecule has 0 aromatic rings. The van der Waals surface area contributed by atoms with Gasteiger partial charge in [0.05, 0.1) is 6.61 Å². The first-order chi connectivity index (χ1) is 6.85. The summed E-state index contributed by atoms with van der Waals surface area (Å²) in [6.07, 6.45) is 4.96. The molecule has 0 amide bonds. The van der Waals surface area contributed by atoms with Gasteiger partial charge in [-0.15, -0.1) is 0 Å². The first-order valence-electron chi connectivity index (χ1n) is 5.96. The molecule has 2 rings (SSSR count). The van der Waals surface area contributed by atoms with Crippen LogP contribution < -0.4 is 5.32 Å². The van der Waals surface area contributed by atoms with E-state index in [0.29, 0.717) is 0 Å². The second-order valence-electron chi connectivity index (χ2n) is 4.46. The number of nitrogens with zero attached hydrogens (tertiary/aromatic N) is 1. The molecule has 0 unspecified atom stereocenters. The summed E-state index contributed by atoms with van der Waals surface area (Å²) in [5.41, 5.74) is 0.0582. The molecular weight excluding hydrogens is 176 g/mol. The fourth-order valence-corrected chi connectivity index (χ4v) is 2.42. The van der Waals surface area contributed by atoms with Gasteiger partial charge < -0.3 is 9.64 Å². The zero-order chi connectivity index (χ0) is 9.86. The maximum absolute atomic E-state index is 5.80. The van der Waals surface area contributed by atoms with Crippen molar-refractivity contribution in [3.05, 3.63) is 0 Å². The fraction of sp³-hybridized carbons (Fsp3) is 1.00. The smallest absolute Gasteiger partial charge is 0.121 e. The van der Waals surface area contributed by atoms with E-state index >= 15 is 0 Å². The minimum atomic E-state index is 0.0582. The highest BCUT2D eigenvalue weighted by atomic mass is 16.5. The van der Waals surface area contributed by atoms with E-state index in [0.717, 1.165) is 26.0 Å². The lowest BCUT2D eigenvalue weighted by molar-refractivity contribution is -0.0564. The van der Waals surface area contributed by atoms with Gasteiger partial charge in [-0.1, -0.05) is 13.3 Å². The van der Waals surface area contributed by atoms with Crippen LogP contribution in [0.2, 0.25) is 0 Å². The Balaban J connectivity index is 1.74. The van der Waals surface area contributed by atoms with Crippen molar-refractivity contribution < 1.29 is 4.74 Å². The van der Waals surface area contributed by atoms with E-state index in [-0.39, 0.29) is 5.72 Å². The highest BCUT2D eigenvalue weighted by molar-refractivity contribution is 4.88. The molecule has 82 valence electrons. The lowest BCUT2D eigenvalue weighted by Gasteiger charge is -2.38. The van der Waals surface area contributed by atoms with Gasteiger partial charge in [-0.3, -0.25) is 5.32 Å². The first-order valence-corrected chi connectivity index (χ1v) is 5.96. The van der Waals surface area contributed by atoms with Gasteiger partial charge >= 0.3 is 0 Å². The Kier molecular flexibility index (Phi) is 3.42. The summed E-state index contributed by atoms with van der Waals surface area (Å²) in [5, 5.41) is 3.50. The standard InChI is InChI=1S/C11H22N2O/c1-2-3-7-13-8-4-11(5-9-13)12-6-10-14-11/h12H,2-10H2,1H3. The van der Waals surface area contributed by atoms with E-state index < -0.39 is 0 Å².